The lowest BCUT2D eigenvalue weighted by Crippen LogP contribution is -2.40. The first-order valence-electron chi connectivity index (χ1n) is 8.33. The second-order valence-electron chi connectivity index (χ2n) is 6.46. The quantitative estimate of drug-likeness (QED) is 0.901. The zero-order valence-corrected chi connectivity index (χ0v) is 14.1. The Labute approximate surface area is 143 Å². The van der Waals surface area contributed by atoms with E-state index >= 15 is 0 Å². The van der Waals surface area contributed by atoms with Gasteiger partial charge in [-0.2, -0.15) is 0 Å². The van der Waals surface area contributed by atoms with Gasteiger partial charge in [0, 0.05) is 42.6 Å². The molecule has 0 bridgehead atoms. The molecule has 2 N–H and O–H groups in total. The summed E-state index contributed by atoms with van der Waals surface area (Å²) >= 11 is 6.15. The lowest BCUT2D eigenvalue weighted by molar-refractivity contribution is 0.134. The smallest absolute Gasteiger partial charge is 0.0409 e. The first-order valence-corrected chi connectivity index (χ1v) is 8.71. The number of halogens is 1. The van der Waals surface area contributed by atoms with Gasteiger partial charge in [-0.05, 0) is 61.1 Å². The topological polar surface area (TPSA) is 42.1 Å². The highest BCUT2D eigenvalue weighted by Crippen LogP contribution is 2.25. The van der Waals surface area contributed by atoms with E-state index in [0.717, 1.165) is 31.0 Å². The van der Waals surface area contributed by atoms with Gasteiger partial charge >= 0.3 is 0 Å². The molecule has 1 aliphatic rings. The van der Waals surface area contributed by atoms with Gasteiger partial charge in [0.2, 0.25) is 0 Å². The van der Waals surface area contributed by atoms with Crippen LogP contribution in [0.2, 0.25) is 5.02 Å². The molecule has 0 aliphatic heterocycles. The average Bonchev–Trinajstić information content (AvgIpc) is 2.56. The molecule has 1 aromatic heterocycles. The predicted octanol–water partition coefficient (Wildman–Crippen LogP) is 4.01. The van der Waals surface area contributed by atoms with Crippen molar-refractivity contribution in [3.05, 3.63) is 64.9 Å². The van der Waals surface area contributed by atoms with Crippen LogP contribution in [0.3, 0.4) is 0 Å². The van der Waals surface area contributed by atoms with Crippen molar-refractivity contribution in [2.24, 2.45) is 5.73 Å². The molecule has 0 spiro atoms. The van der Waals surface area contributed by atoms with E-state index in [4.69, 9.17) is 17.3 Å². The van der Waals surface area contributed by atoms with Crippen LogP contribution in [0.4, 0.5) is 0 Å². The van der Waals surface area contributed by atoms with E-state index in [2.05, 4.69) is 34.1 Å². The van der Waals surface area contributed by atoms with E-state index in [1.165, 1.54) is 24.0 Å². The molecule has 1 aromatic carbocycles. The minimum atomic E-state index is 0.375. The number of nitrogens with zero attached hydrogens (tertiary/aromatic N) is 2. The van der Waals surface area contributed by atoms with Gasteiger partial charge in [-0.3, -0.25) is 9.88 Å². The van der Waals surface area contributed by atoms with Crippen molar-refractivity contribution in [2.75, 3.05) is 0 Å². The summed E-state index contributed by atoms with van der Waals surface area (Å²) in [6.45, 7) is 1.86. The number of benzene rings is 1. The number of hydrogen-bond acceptors (Lipinski definition) is 3. The second kappa shape index (κ2) is 7.91. The minimum Gasteiger partial charge on any atom is -0.328 e. The van der Waals surface area contributed by atoms with Crippen molar-refractivity contribution < 1.29 is 0 Å². The molecular formula is C19H24ClN3. The third kappa shape index (κ3) is 4.77. The van der Waals surface area contributed by atoms with Crippen LogP contribution in [-0.4, -0.2) is 22.0 Å². The first-order chi connectivity index (χ1) is 11.2. The highest BCUT2D eigenvalue weighted by molar-refractivity contribution is 6.30. The average molecular weight is 330 g/mol. The fraction of sp³-hybridized carbons (Fsp3) is 0.421. The van der Waals surface area contributed by atoms with Crippen LogP contribution in [-0.2, 0) is 13.1 Å². The Bertz CT molecular complexity index is 609. The molecule has 0 radical (unpaired) electrons. The molecule has 1 fully saturated rings. The lowest BCUT2D eigenvalue weighted by Gasteiger charge is -2.36. The summed E-state index contributed by atoms with van der Waals surface area (Å²) in [5.41, 5.74) is 8.65. The maximum atomic E-state index is 6.15. The molecule has 0 saturated heterocycles. The molecule has 3 rings (SSSR count). The summed E-state index contributed by atoms with van der Waals surface area (Å²) in [6.07, 6.45) is 8.31. The maximum Gasteiger partial charge on any atom is 0.0409 e. The van der Waals surface area contributed by atoms with Gasteiger partial charge in [0.1, 0.15) is 0 Å². The molecular weight excluding hydrogens is 306 g/mol. The van der Waals surface area contributed by atoms with Gasteiger partial charge in [-0.15, -0.1) is 0 Å². The molecule has 4 heteroatoms. The number of rotatable bonds is 5. The Morgan fingerprint density at radius 2 is 1.70 bits per heavy atom. The third-order valence-electron chi connectivity index (χ3n) is 4.67. The molecule has 1 heterocycles. The van der Waals surface area contributed by atoms with Crippen LogP contribution in [0.15, 0.2) is 48.8 Å². The summed E-state index contributed by atoms with van der Waals surface area (Å²) in [5, 5.41) is 0.803. The summed E-state index contributed by atoms with van der Waals surface area (Å²) < 4.78 is 0. The van der Waals surface area contributed by atoms with Gasteiger partial charge in [-0.25, -0.2) is 0 Å². The van der Waals surface area contributed by atoms with Crippen LogP contribution in [0.25, 0.3) is 0 Å². The lowest BCUT2D eigenvalue weighted by atomic mass is 9.90. The van der Waals surface area contributed by atoms with Crippen LogP contribution in [0, 0.1) is 0 Å². The van der Waals surface area contributed by atoms with Crippen LogP contribution in [0.5, 0.6) is 0 Å². The number of hydrogen-bond donors (Lipinski definition) is 1. The zero-order valence-electron chi connectivity index (χ0n) is 13.4. The largest absolute Gasteiger partial charge is 0.328 e. The molecule has 0 atom stereocenters. The molecule has 1 saturated carbocycles. The Hall–Kier alpha value is -1.42. The number of pyridine rings is 1. The standard InChI is InChI=1S/C19H24ClN3/c20-17-3-1-2-16(12-17)14-23(13-15-8-10-22-11-9-15)19-6-4-18(21)5-7-19/h1-3,8-12,18-19H,4-7,13-14,21H2. The summed E-state index contributed by atoms with van der Waals surface area (Å²) in [5.74, 6) is 0. The molecule has 2 aromatic rings. The van der Waals surface area contributed by atoms with Crippen LogP contribution in [0.1, 0.15) is 36.8 Å². The SMILES string of the molecule is NC1CCC(N(Cc2ccncc2)Cc2cccc(Cl)c2)CC1. The fourth-order valence-corrected chi connectivity index (χ4v) is 3.59. The van der Waals surface area contributed by atoms with E-state index < -0.39 is 0 Å². The van der Waals surface area contributed by atoms with Gasteiger partial charge < -0.3 is 5.73 Å². The molecule has 122 valence electrons. The van der Waals surface area contributed by atoms with Gasteiger partial charge in [0.05, 0.1) is 0 Å². The van der Waals surface area contributed by atoms with Gasteiger partial charge in [-0.1, -0.05) is 23.7 Å². The monoisotopic (exact) mass is 329 g/mol. The molecule has 1 aliphatic carbocycles. The van der Waals surface area contributed by atoms with Crippen LogP contribution < -0.4 is 5.73 Å². The van der Waals surface area contributed by atoms with Crippen molar-refractivity contribution in [1.29, 1.82) is 0 Å². The Kier molecular flexibility index (Phi) is 5.65. The minimum absolute atomic E-state index is 0.375. The fourth-order valence-electron chi connectivity index (χ4n) is 3.37. The highest BCUT2D eigenvalue weighted by atomic mass is 35.5. The number of aromatic nitrogens is 1. The van der Waals surface area contributed by atoms with Crippen molar-refractivity contribution in [1.82, 2.24) is 9.88 Å². The Morgan fingerprint density at radius 3 is 2.39 bits per heavy atom. The summed E-state index contributed by atoms with van der Waals surface area (Å²) in [6, 6.07) is 13.3. The normalized spacial score (nSPS) is 21.5. The van der Waals surface area contributed by atoms with Crippen LogP contribution >= 0.6 is 11.6 Å². The Balaban J connectivity index is 1.75. The van der Waals surface area contributed by atoms with Crippen molar-refractivity contribution in [3.63, 3.8) is 0 Å². The second-order valence-corrected chi connectivity index (χ2v) is 6.90. The molecule has 0 unspecified atom stereocenters. The van der Waals surface area contributed by atoms with E-state index in [1.54, 1.807) is 0 Å². The van der Waals surface area contributed by atoms with E-state index in [9.17, 15) is 0 Å². The van der Waals surface area contributed by atoms with Crippen molar-refractivity contribution in [2.45, 2.75) is 50.9 Å². The van der Waals surface area contributed by atoms with E-state index in [0.29, 0.717) is 12.1 Å². The summed E-state index contributed by atoms with van der Waals surface area (Å²) in [4.78, 5) is 6.68. The van der Waals surface area contributed by atoms with E-state index in [-0.39, 0.29) is 0 Å². The molecule has 3 nitrogen and oxygen atoms in total. The maximum absolute atomic E-state index is 6.15. The van der Waals surface area contributed by atoms with Gasteiger partial charge in [0.15, 0.2) is 0 Å². The number of nitrogens with two attached hydrogens (primary N) is 1. The highest BCUT2D eigenvalue weighted by Gasteiger charge is 2.24. The first kappa shape index (κ1) is 16.4. The van der Waals surface area contributed by atoms with Gasteiger partial charge in [0.25, 0.3) is 0 Å². The predicted molar refractivity (Wildman–Crippen MR) is 95.2 cm³/mol. The third-order valence-corrected chi connectivity index (χ3v) is 4.90. The van der Waals surface area contributed by atoms with E-state index in [1.807, 2.05) is 24.5 Å². The molecule has 23 heavy (non-hydrogen) atoms. The van der Waals surface area contributed by atoms with Crippen molar-refractivity contribution >= 4 is 11.6 Å². The zero-order chi connectivity index (χ0) is 16.1. The summed E-state index contributed by atoms with van der Waals surface area (Å²) in [7, 11) is 0. The molecule has 0 amide bonds. The van der Waals surface area contributed by atoms with Crippen molar-refractivity contribution in [3.8, 4) is 0 Å². The Morgan fingerprint density at radius 1 is 1.00 bits per heavy atom.